The molecular weight excluding hydrogens is 818 g/mol. The zero-order valence-electron chi connectivity index (χ0n) is 29.2. The number of hydrogen-bond donors (Lipinski definition) is 0. The van der Waals surface area contributed by atoms with Gasteiger partial charge in [0.25, 0.3) is 0 Å². The van der Waals surface area contributed by atoms with Gasteiger partial charge in [-0.05, 0) is 0 Å². The molecule has 0 heterocycles. The van der Waals surface area contributed by atoms with Crippen molar-refractivity contribution in [2.45, 2.75) is 91.2 Å². The van der Waals surface area contributed by atoms with Crippen LogP contribution in [0.15, 0.2) is 71.8 Å². The Bertz CT molecular complexity index is 1850. The van der Waals surface area contributed by atoms with E-state index in [2.05, 4.69) is 65.1 Å². The molecule has 51 heavy (non-hydrogen) atoms. The fraction of sp³-hybridized carbons (Fsp3) is 0.421. The molecule has 277 valence electrons. The zero-order valence-corrected chi connectivity index (χ0v) is 34.3. The minimum atomic E-state index is -6.70. The Morgan fingerprint density at radius 3 is 1.69 bits per heavy atom. The van der Waals surface area contributed by atoms with E-state index >= 15 is 0 Å². The SMILES string of the molecule is CCC(C)c1cccc2c1C=C(C(C)C)[CH]2[Zr]([Cl])([Cl])([CH]1C(C)=Cc2c(-c3ccc(C(C(F)(F)F)(C(F)(F)F)C(F)(F)F)cc3)cccc21)[SiH](C)C. The summed E-state index contributed by atoms with van der Waals surface area (Å²) in [6, 6.07) is 13.9. The molecule has 0 aromatic heterocycles. The first kappa shape index (κ1) is 40.4. The second kappa shape index (κ2) is 13.2. The summed E-state index contributed by atoms with van der Waals surface area (Å²) >= 11 is -5.16. The van der Waals surface area contributed by atoms with Gasteiger partial charge in [-0.2, -0.15) is 0 Å². The Morgan fingerprint density at radius 2 is 1.22 bits per heavy atom. The van der Waals surface area contributed by atoms with E-state index in [4.69, 9.17) is 17.0 Å². The number of halogens is 11. The molecular formula is C38H40Cl2F9SiZr. The summed E-state index contributed by atoms with van der Waals surface area (Å²) in [5, 5.41) is 0. The fourth-order valence-corrected chi connectivity index (χ4v) is 40.7. The molecule has 0 fully saturated rings. The van der Waals surface area contributed by atoms with Gasteiger partial charge in [0.15, 0.2) is 0 Å². The van der Waals surface area contributed by atoms with Crippen LogP contribution in [0.3, 0.4) is 0 Å². The fourth-order valence-electron chi connectivity index (χ4n) is 8.46. The van der Waals surface area contributed by atoms with E-state index in [-0.39, 0.29) is 30.9 Å². The molecule has 0 spiro atoms. The molecule has 0 N–H and O–H groups in total. The van der Waals surface area contributed by atoms with Gasteiger partial charge in [0.2, 0.25) is 0 Å². The molecule has 13 heteroatoms. The van der Waals surface area contributed by atoms with Crippen LogP contribution in [0.4, 0.5) is 39.5 Å². The first-order chi connectivity index (χ1) is 23.4. The Hall–Kier alpha value is -1.81. The monoisotopic (exact) mass is 855 g/mol. The van der Waals surface area contributed by atoms with Crippen LogP contribution in [0.25, 0.3) is 23.3 Å². The van der Waals surface area contributed by atoms with E-state index in [1.54, 1.807) is 12.1 Å². The van der Waals surface area contributed by atoms with Gasteiger partial charge in [0, 0.05) is 0 Å². The van der Waals surface area contributed by atoms with E-state index in [1.165, 1.54) is 11.1 Å². The maximum atomic E-state index is 13.9. The van der Waals surface area contributed by atoms with Crippen LogP contribution in [0, 0.1) is 5.92 Å². The van der Waals surface area contributed by atoms with E-state index in [0.717, 1.165) is 40.8 Å². The van der Waals surface area contributed by atoms with Crippen molar-refractivity contribution in [1.82, 2.24) is 0 Å². The molecule has 0 amide bonds. The molecule has 5 rings (SSSR count). The van der Waals surface area contributed by atoms with E-state index in [0.29, 0.717) is 17.0 Å². The van der Waals surface area contributed by atoms with Gasteiger partial charge in [-0.1, -0.05) is 0 Å². The zero-order chi connectivity index (χ0) is 38.3. The molecule has 3 aromatic carbocycles. The van der Waals surface area contributed by atoms with Crippen LogP contribution in [0.1, 0.15) is 87.6 Å². The van der Waals surface area contributed by atoms with Crippen molar-refractivity contribution in [1.29, 1.82) is 0 Å². The molecule has 0 saturated carbocycles. The van der Waals surface area contributed by atoms with Gasteiger partial charge in [0.05, 0.1) is 0 Å². The van der Waals surface area contributed by atoms with Gasteiger partial charge in [-0.25, -0.2) is 0 Å². The Balaban J connectivity index is 1.70. The van der Waals surface area contributed by atoms with Gasteiger partial charge in [-0.15, -0.1) is 0 Å². The number of allylic oxidation sites excluding steroid dienone is 2. The van der Waals surface area contributed by atoms with Crippen molar-refractivity contribution in [3.05, 3.63) is 105 Å². The molecule has 2 aliphatic carbocycles. The molecule has 0 saturated heterocycles. The van der Waals surface area contributed by atoms with Crippen LogP contribution in [-0.4, -0.2) is 24.5 Å². The summed E-state index contributed by atoms with van der Waals surface area (Å²) in [7, 11) is 16.7. The third-order valence-electron chi connectivity index (χ3n) is 11.3. The van der Waals surface area contributed by atoms with E-state index < -0.39 is 51.0 Å². The molecule has 3 unspecified atom stereocenters. The standard InChI is InChI=1S/C20H12F9.C16H21.C2H7Si.2ClH.Zr/c1-11-9-13-3-2-4-15(16(13)10-11)12-5-7-14(8-6-12)17(18(21,22)23,19(24,25)26)20(27,28)29;1-5-12(4)15-8-6-7-13-9-14(11(2)3)10-16(13)15;1-3-2;;;/h2-10H,1H3;6-12H,5H2,1-4H3;3H,1-2H3;2*1H;/q;;;;;+2/p-2. The predicted octanol–water partition coefficient (Wildman–Crippen LogP) is 14.0. The van der Waals surface area contributed by atoms with Gasteiger partial charge in [-0.3, -0.25) is 0 Å². The van der Waals surface area contributed by atoms with Crippen molar-refractivity contribution in [2.24, 2.45) is 5.92 Å². The summed E-state index contributed by atoms with van der Waals surface area (Å²) in [6.07, 6.45) is -15.0. The Labute approximate surface area is 301 Å². The van der Waals surface area contributed by atoms with E-state index in [9.17, 15) is 39.5 Å². The number of alkyl halides is 9. The van der Waals surface area contributed by atoms with Crippen LogP contribution in [0.2, 0.25) is 13.1 Å². The second-order valence-electron chi connectivity index (χ2n) is 14.7. The summed E-state index contributed by atoms with van der Waals surface area (Å²) in [5.74, 6) is -1.49. The van der Waals surface area contributed by atoms with Crippen LogP contribution in [-0.2, 0) is 21.0 Å². The maximum absolute atomic E-state index is 13.9. The number of hydrogen-bond acceptors (Lipinski definition) is 0. The first-order valence-corrected chi connectivity index (χ1v) is 33.2. The topological polar surface area (TPSA) is 0 Å². The average Bonchev–Trinajstić information content (AvgIpc) is 3.58. The van der Waals surface area contributed by atoms with Gasteiger partial charge in [0.1, 0.15) is 0 Å². The second-order valence-corrected chi connectivity index (χ2v) is 57.2. The Morgan fingerprint density at radius 1 is 0.706 bits per heavy atom. The molecule has 0 radical (unpaired) electrons. The van der Waals surface area contributed by atoms with Crippen molar-refractivity contribution < 1.29 is 55.1 Å². The quantitative estimate of drug-likeness (QED) is 0.156. The molecule has 0 bridgehead atoms. The average molecular weight is 858 g/mol. The van der Waals surface area contributed by atoms with Gasteiger partial charge >= 0.3 is 304 Å². The summed E-state index contributed by atoms with van der Waals surface area (Å²) in [4.78, 5) is 0. The molecule has 0 nitrogen and oxygen atoms in total. The van der Waals surface area contributed by atoms with Crippen molar-refractivity contribution in [3.8, 4) is 11.1 Å². The van der Waals surface area contributed by atoms with E-state index in [1.807, 2.05) is 19.1 Å². The van der Waals surface area contributed by atoms with Crippen molar-refractivity contribution >= 4 is 35.1 Å². The molecule has 0 aliphatic heterocycles. The normalized spacial score (nSPS) is 19.8. The van der Waals surface area contributed by atoms with Crippen LogP contribution >= 0.6 is 17.0 Å². The summed E-state index contributed by atoms with van der Waals surface area (Å²) in [6.45, 7) is 14.9. The molecule has 2 aliphatic rings. The van der Waals surface area contributed by atoms with Crippen molar-refractivity contribution in [3.63, 3.8) is 0 Å². The van der Waals surface area contributed by atoms with Crippen molar-refractivity contribution in [2.75, 3.05) is 0 Å². The minimum absolute atomic E-state index is 0.137. The molecule has 3 atom stereocenters. The predicted molar refractivity (Wildman–Crippen MR) is 189 cm³/mol. The van der Waals surface area contributed by atoms with Crippen LogP contribution in [0.5, 0.6) is 0 Å². The third kappa shape index (κ3) is 5.97. The summed E-state index contributed by atoms with van der Waals surface area (Å²) in [5.41, 5.74) is -0.313. The van der Waals surface area contributed by atoms with Gasteiger partial charge < -0.3 is 0 Å². The molecule has 3 aromatic rings. The summed E-state index contributed by atoms with van der Waals surface area (Å²) < 4.78 is 124. The van der Waals surface area contributed by atoms with Crippen LogP contribution < -0.4 is 0 Å². The Kier molecular flexibility index (Phi) is 10.4. The number of fused-ring (bicyclic) bond motifs is 2. The number of rotatable bonds is 8. The third-order valence-corrected chi connectivity index (χ3v) is 63.3. The first-order valence-electron chi connectivity index (χ1n) is 16.9. The number of benzene rings is 3.